The zero-order valence-corrected chi connectivity index (χ0v) is 12.4. The molecule has 0 aromatic heterocycles. The fourth-order valence-corrected chi connectivity index (χ4v) is 4.21. The fraction of sp³-hybridized carbons (Fsp3) is 0.333. The molecule has 0 spiro atoms. The number of benzene rings is 2. The molecule has 106 valence electrons. The summed E-state index contributed by atoms with van der Waals surface area (Å²) < 4.78 is 0. The normalized spacial score (nSPS) is 26.4. The Balaban J connectivity index is 1.52. The van der Waals surface area contributed by atoms with E-state index in [1.54, 1.807) is 0 Å². The Morgan fingerprint density at radius 3 is 2.38 bits per heavy atom. The summed E-state index contributed by atoms with van der Waals surface area (Å²) in [5.74, 6) is 2.69. The highest BCUT2D eigenvalue weighted by Gasteiger charge is 2.34. The maximum absolute atomic E-state index is 2.47. The SMILES string of the molecule is C1=CC2CC1CC2CCc1ccccc1-c1ccccc1. The quantitative estimate of drug-likeness (QED) is 0.646. The van der Waals surface area contributed by atoms with Gasteiger partial charge in [-0.15, -0.1) is 0 Å². The predicted molar refractivity (Wildman–Crippen MR) is 89.0 cm³/mol. The molecule has 2 aromatic rings. The maximum Gasteiger partial charge on any atom is -0.0152 e. The van der Waals surface area contributed by atoms with Gasteiger partial charge in [0.25, 0.3) is 0 Å². The number of hydrogen-bond acceptors (Lipinski definition) is 0. The van der Waals surface area contributed by atoms with Gasteiger partial charge in [-0.3, -0.25) is 0 Å². The van der Waals surface area contributed by atoms with Gasteiger partial charge in [0, 0.05) is 0 Å². The second-order valence-corrected chi connectivity index (χ2v) is 6.60. The van der Waals surface area contributed by atoms with Crippen LogP contribution >= 0.6 is 0 Å². The van der Waals surface area contributed by atoms with Crippen LogP contribution in [0.25, 0.3) is 11.1 Å². The zero-order valence-electron chi connectivity index (χ0n) is 12.4. The first-order valence-electron chi connectivity index (χ1n) is 8.22. The third-order valence-corrected chi connectivity index (χ3v) is 5.30. The summed E-state index contributed by atoms with van der Waals surface area (Å²) in [5, 5.41) is 0. The summed E-state index contributed by atoms with van der Waals surface area (Å²) in [6, 6.07) is 19.7. The van der Waals surface area contributed by atoms with Gasteiger partial charge in [-0.05, 0) is 60.1 Å². The first-order chi connectivity index (χ1) is 10.4. The smallest absolute Gasteiger partial charge is 0.0152 e. The first-order valence-corrected chi connectivity index (χ1v) is 8.22. The number of rotatable bonds is 4. The second-order valence-electron chi connectivity index (χ2n) is 6.60. The molecule has 21 heavy (non-hydrogen) atoms. The molecule has 3 unspecified atom stereocenters. The molecule has 1 saturated carbocycles. The van der Waals surface area contributed by atoms with Crippen LogP contribution in [0.15, 0.2) is 66.7 Å². The van der Waals surface area contributed by atoms with Crippen molar-refractivity contribution in [3.63, 3.8) is 0 Å². The molecule has 0 saturated heterocycles. The van der Waals surface area contributed by atoms with Crippen molar-refractivity contribution in [3.05, 3.63) is 72.3 Å². The molecule has 2 aliphatic rings. The predicted octanol–water partition coefficient (Wildman–Crippen LogP) is 5.50. The second kappa shape index (κ2) is 5.52. The van der Waals surface area contributed by atoms with Gasteiger partial charge in [0.2, 0.25) is 0 Å². The van der Waals surface area contributed by atoms with E-state index in [9.17, 15) is 0 Å². The summed E-state index contributed by atoms with van der Waals surface area (Å²) in [6.45, 7) is 0. The van der Waals surface area contributed by atoms with Gasteiger partial charge in [-0.25, -0.2) is 0 Å². The lowest BCUT2D eigenvalue weighted by Crippen LogP contribution is -2.08. The van der Waals surface area contributed by atoms with Crippen LogP contribution in [0.5, 0.6) is 0 Å². The number of aryl methyl sites for hydroxylation is 1. The van der Waals surface area contributed by atoms with Crippen LogP contribution < -0.4 is 0 Å². The standard InChI is InChI=1S/C21H22/c1-2-6-17(7-3-1)21-9-5-4-8-18(21)12-13-20-15-16-10-11-19(20)14-16/h1-11,16,19-20H,12-15H2. The molecule has 0 amide bonds. The topological polar surface area (TPSA) is 0 Å². The Morgan fingerprint density at radius 1 is 0.810 bits per heavy atom. The van der Waals surface area contributed by atoms with Crippen LogP contribution in [0.1, 0.15) is 24.8 Å². The molecule has 2 aromatic carbocycles. The highest BCUT2D eigenvalue weighted by Crippen LogP contribution is 2.45. The average Bonchev–Trinajstić information content (AvgIpc) is 3.17. The van der Waals surface area contributed by atoms with E-state index in [-0.39, 0.29) is 0 Å². The van der Waals surface area contributed by atoms with Crippen molar-refractivity contribution >= 4 is 0 Å². The minimum atomic E-state index is 0.874. The minimum absolute atomic E-state index is 0.874. The van der Waals surface area contributed by atoms with Crippen molar-refractivity contribution in [2.24, 2.45) is 17.8 Å². The lowest BCUT2D eigenvalue weighted by Gasteiger charge is -2.19. The molecule has 0 aliphatic heterocycles. The van der Waals surface area contributed by atoms with Gasteiger partial charge < -0.3 is 0 Å². The van der Waals surface area contributed by atoms with Crippen LogP contribution in [0, 0.1) is 17.8 Å². The Kier molecular flexibility index (Phi) is 3.39. The third kappa shape index (κ3) is 2.55. The molecule has 2 bridgehead atoms. The van der Waals surface area contributed by atoms with Gasteiger partial charge in [-0.1, -0.05) is 66.7 Å². The Bertz CT molecular complexity index is 638. The minimum Gasteiger partial charge on any atom is -0.0851 e. The monoisotopic (exact) mass is 274 g/mol. The molecule has 4 rings (SSSR count). The molecule has 0 heterocycles. The summed E-state index contributed by atoms with van der Waals surface area (Å²) in [4.78, 5) is 0. The molecule has 0 radical (unpaired) electrons. The average molecular weight is 274 g/mol. The van der Waals surface area contributed by atoms with E-state index >= 15 is 0 Å². The van der Waals surface area contributed by atoms with Crippen LogP contribution in [-0.4, -0.2) is 0 Å². The first kappa shape index (κ1) is 12.9. The number of hydrogen-bond donors (Lipinski definition) is 0. The number of allylic oxidation sites excluding steroid dienone is 2. The lowest BCUT2D eigenvalue weighted by atomic mass is 9.86. The van der Waals surface area contributed by atoms with Crippen molar-refractivity contribution in [2.75, 3.05) is 0 Å². The van der Waals surface area contributed by atoms with E-state index in [0.717, 1.165) is 17.8 Å². The van der Waals surface area contributed by atoms with E-state index in [1.165, 1.54) is 42.4 Å². The van der Waals surface area contributed by atoms with Crippen molar-refractivity contribution < 1.29 is 0 Å². The van der Waals surface area contributed by atoms with Gasteiger partial charge in [0.15, 0.2) is 0 Å². The summed E-state index contributed by atoms with van der Waals surface area (Å²) in [5.41, 5.74) is 4.27. The van der Waals surface area contributed by atoms with Crippen LogP contribution in [0.2, 0.25) is 0 Å². The molecule has 0 nitrogen and oxygen atoms in total. The largest absolute Gasteiger partial charge is 0.0851 e. The summed E-state index contributed by atoms with van der Waals surface area (Å²) >= 11 is 0. The Morgan fingerprint density at radius 2 is 1.62 bits per heavy atom. The van der Waals surface area contributed by atoms with Gasteiger partial charge in [-0.2, -0.15) is 0 Å². The highest BCUT2D eigenvalue weighted by molar-refractivity contribution is 5.67. The van der Waals surface area contributed by atoms with Gasteiger partial charge in [0.1, 0.15) is 0 Å². The number of fused-ring (bicyclic) bond motifs is 2. The van der Waals surface area contributed by atoms with Crippen molar-refractivity contribution in [1.29, 1.82) is 0 Å². The van der Waals surface area contributed by atoms with Crippen molar-refractivity contribution in [2.45, 2.75) is 25.7 Å². The van der Waals surface area contributed by atoms with E-state index in [4.69, 9.17) is 0 Å². The molecule has 0 heteroatoms. The molecule has 0 N–H and O–H groups in total. The van der Waals surface area contributed by atoms with Crippen molar-refractivity contribution in [3.8, 4) is 11.1 Å². The highest BCUT2D eigenvalue weighted by atomic mass is 14.4. The third-order valence-electron chi connectivity index (χ3n) is 5.30. The van der Waals surface area contributed by atoms with Crippen LogP contribution in [0.4, 0.5) is 0 Å². The van der Waals surface area contributed by atoms with Crippen LogP contribution in [0.3, 0.4) is 0 Å². The molecule has 3 atom stereocenters. The molecular weight excluding hydrogens is 252 g/mol. The molecular formula is C21H22. The van der Waals surface area contributed by atoms with E-state index < -0.39 is 0 Å². The zero-order chi connectivity index (χ0) is 14.1. The van der Waals surface area contributed by atoms with E-state index in [0.29, 0.717) is 0 Å². The molecule has 1 fully saturated rings. The van der Waals surface area contributed by atoms with Crippen molar-refractivity contribution in [1.82, 2.24) is 0 Å². The van der Waals surface area contributed by atoms with E-state index in [1.807, 2.05) is 0 Å². The fourth-order valence-electron chi connectivity index (χ4n) is 4.21. The van der Waals surface area contributed by atoms with Gasteiger partial charge in [0.05, 0.1) is 0 Å². The van der Waals surface area contributed by atoms with Crippen LogP contribution in [-0.2, 0) is 6.42 Å². The lowest BCUT2D eigenvalue weighted by molar-refractivity contribution is 0.416. The maximum atomic E-state index is 2.47. The Hall–Kier alpha value is -1.82. The summed E-state index contributed by atoms with van der Waals surface area (Å²) in [7, 11) is 0. The van der Waals surface area contributed by atoms with E-state index in [2.05, 4.69) is 66.7 Å². The molecule has 2 aliphatic carbocycles. The Labute approximate surface area is 127 Å². The van der Waals surface area contributed by atoms with Gasteiger partial charge >= 0.3 is 0 Å². The summed E-state index contributed by atoms with van der Waals surface area (Å²) in [6.07, 6.45) is 10.3.